The van der Waals surface area contributed by atoms with Crippen LogP contribution in [0.1, 0.15) is 33.8 Å². The molecule has 0 saturated heterocycles. The van der Waals surface area contributed by atoms with E-state index < -0.39 is 6.10 Å². The van der Waals surface area contributed by atoms with Crippen LogP contribution >= 0.6 is 11.3 Å². The van der Waals surface area contributed by atoms with Crippen molar-refractivity contribution >= 4 is 33.3 Å². The quantitative estimate of drug-likeness (QED) is 0.356. The molecule has 1 atom stereocenters. The summed E-state index contributed by atoms with van der Waals surface area (Å²) in [5.41, 5.74) is 1.68. The first-order valence-electron chi connectivity index (χ1n) is 9.59. The summed E-state index contributed by atoms with van der Waals surface area (Å²) in [4.78, 5) is 16.9. The minimum atomic E-state index is -0.609. The average molecular weight is 411 g/mol. The zero-order valence-corrected chi connectivity index (χ0v) is 17.4. The van der Waals surface area contributed by atoms with Crippen molar-refractivity contribution in [1.82, 2.24) is 16.0 Å². The third kappa shape index (κ3) is 5.56. The molecule has 1 unspecified atom stereocenters. The van der Waals surface area contributed by atoms with Gasteiger partial charge in [0.1, 0.15) is 6.10 Å². The molecule has 1 aromatic heterocycles. The number of guanidine groups is 1. The van der Waals surface area contributed by atoms with Crippen LogP contribution in [-0.2, 0) is 6.54 Å². The largest absolute Gasteiger partial charge is 0.386 e. The molecule has 0 fully saturated rings. The number of amides is 1. The number of rotatable bonds is 7. The Bertz CT molecular complexity index is 949. The Hall–Kier alpha value is -2.90. The predicted molar refractivity (Wildman–Crippen MR) is 119 cm³/mol. The SMILES string of the molecule is CCNC(=O)c1ccc(CNC(=NC)NCC(O)c2cc3ccccc3s2)cc1. The molecule has 0 aliphatic heterocycles. The minimum absolute atomic E-state index is 0.0697. The van der Waals surface area contributed by atoms with Gasteiger partial charge in [-0.05, 0) is 42.1 Å². The second kappa shape index (κ2) is 10.0. The molecule has 3 aromatic rings. The second-order valence-electron chi connectivity index (χ2n) is 6.57. The molecule has 0 saturated carbocycles. The van der Waals surface area contributed by atoms with E-state index in [9.17, 15) is 9.90 Å². The highest BCUT2D eigenvalue weighted by Crippen LogP contribution is 2.29. The van der Waals surface area contributed by atoms with Crippen molar-refractivity contribution in [3.05, 3.63) is 70.6 Å². The van der Waals surface area contributed by atoms with E-state index in [0.717, 1.165) is 15.8 Å². The standard InChI is InChI=1S/C22H26N4O2S/c1-3-24-21(28)16-10-8-15(9-11-16)13-25-22(23-2)26-14-18(27)20-12-17-6-4-5-7-19(17)29-20/h4-12,18,27H,3,13-14H2,1-2H3,(H,24,28)(H2,23,25,26). The van der Waals surface area contributed by atoms with Gasteiger partial charge in [-0.25, -0.2) is 0 Å². The molecule has 0 spiro atoms. The molecule has 1 amide bonds. The topological polar surface area (TPSA) is 85.8 Å². The number of aliphatic imine (C=N–C) groups is 1. The van der Waals surface area contributed by atoms with Gasteiger partial charge in [0.2, 0.25) is 0 Å². The van der Waals surface area contributed by atoms with E-state index >= 15 is 0 Å². The van der Waals surface area contributed by atoms with Crippen LogP contribution in [0.2, 0.25) is 0 Å². The summed E-state index contributed by atoms with van der Waals surface area (Å²) >= 11 is 1.60. The predicted octanol–water partition coefficient (Wildman–Crippen LogP) is 3.05. The molecule has 0 aliphatic rings. The number of nitrogens with zero attached hydrogens (tertiary/aromatic N) is 1. The van der Waals surface area contributed by atoms with Crippen LogP contribution in [-0.4, -0.2) is 37.1 Å². The first kappa shape index (κ1) is 20.8. The third-order valence-corrected chi connectivity index (χ3v) is 5.69. The zero-order valence-electron chi connectivity index (χ0n) is 16.6. The van der Waals surface area contributed by atoms with Gasteiger partial charge in [-0.1, -0.05) is 30.3 Å². The molecule has 6 nitrogen and oxygen atoms in total. The number of carbonyl (C=O) groups is 1. The van der Waals surface area contributed by atoms with Crippen LogP contribution in [0.25, 0.3) is 10.1 Å². The number of carbonyl (C=O) groups excluding carboxylic acids is 1. The Morgan fingerprint density at radius 3 is 2.55 bits per heavy atom. The molecule has 29 heavy (non-hydrogen) atoms. The summed E-state index contributed by atoms with van der Waals surface area (Å²) in [5.74, 6) is 0.540. The van der Waals surface area contributed by atoms with Gasteiger partial charge >= 0.3 is 0 Å². The van der Waals surface area contributed by atoms with E-state index in [0.29, 0.717) is 31.2 Å². The Morgan fingerprint density at radius 2 is 1.86 bits per heavy atom. The van der Waals surface area contributed by atoms with Crippen molar-refractivity contribution in [2.75, 3.05) is 20.1 Å². The summed E-state index contributed by atoms with van der Waals surface area (Å²) < 4.78 is 1.17. The summed E-state index contributed by atoms with van der Waals surface area (Å²) in [6, 6.07) is 17.6. The van der Waals surface area contributed by atoms with Crippen LogP contribution in [0.3, 0.4) is 0 Å². The Labute approximate surface area is 174 Å². The summed E-state index contributed by atoms with van der Waals surface area (Å²) in [6.07, 6.45) is -0.609. The molecule has 1 heterocycles. The van der Waals surface area contributed by atoms with Gasteiger partial charge in [0.25, 0.3) is 5.91 Å². The number of hydrogen-bond acceptors (Lipinski definition) is 4. The maximum Gasteiger partial charge on any atom is 0.251 e. The van der Waals surface area contributed by atoms with Crippen molar-refractivity contribution in [2.45, 2.75) is 19.6 Å². The lowest BCUT2D eigenvalue weighted by Gasteiger charge is -2.15. The molecule has 0 bridgehead atoms. The lowest BCUT2D eigenvalue weighted by atomic mass is 10.1. The molecule has 0 aliphatic carbocycles. The van der Waals surface area contributed by atoms with Gasteiger partial charge in [-0.3, -0.25) is 9.79 Å². The highest BCUT2D eigenvalue weighted by atomic mass is 32.1. The molecule has 3 rings (SSSR count). The van der Waals surface area contributed by atoms with Crippen molar-refractivity contribution < 1.29 is 9.90 Å². The van der Waals surface area contributed by atoms with E-state index in [1.165, 1.54) is 4.70 Å². The lowest BCUT2D eigenvalue weighted by molar-refractivity contribution is 0.0956. The van der Waals surface area contributed by atoms with Gasteiger partial charge in [0, 0.05) is 41.8 Å². The van der Waals surface area contributed by atoms with Crippen molar-refractivity contribution in [1.29, 1.82) is 0 Å². The first-order valence-corrected chi connectivity index (χ1v) is 10.4. The number of nitrogens with one attached hydrogen (secondary N) is 3. The van der Waals surface area contributed by atoms with Crippen LogP contribution in [0.5, 0.6) is 0 Å². The summed E-state index contributed by atoms with van der Waals surface area (Å²) in [7, 11) is 1.69. The van der Waals surface area contributed by atoms with Crippen LogP contribution < -0.4 is 16.0 Å². The number of aliphatic hydroxyl groups is 1. The molecular formula is C22H26N4O2S. The Kier molecular flexibility index (Phi) is 7.21. The van der Waals surface area contributed by atoms with E-state index in [4.69, 9.17) is 0 Å². The van der Waals surface area contributed by atoms with Crippen molar-refractivity contribution in [3.8, 4) is 0 Å². The third-order valence-electron chi connectivity index (χ3n) is 4.47. The monoisotopic (exact) mass is 410 g/mol. The Balaban J connectivity index is 1.50. The highest BCUT2D eigenvalue weighted by molar-refractivity contribution is 7.19. The van der Waals surface area contributed by atoms with Crippen LogP contribution in [0.15, 0.2) is 59.6 Å². The number of aliphatic hydroxyl groups excluding tert-OH is 1. The molecule has 4 N–H and O–H groups in total. The highest BCUT2D eigenvalue weighted by Gasteiger charge is 2.12. The molecule has 152 valence electrons. The smallest absolute Gasteiger partial charge is 0.251 e. The van der Waals surface area contributed by atoms with Crippen molar-refractivity contribution in [2.24, 2.45) is 4.99 Å². The van der Waals surface area contributed by atoms with E-state index in [-0.39, 0.29) is 5.91 Å². The zero-order chi connectivity index (χ0) is 20.6. The molecule has 0 radical (unpaired) electrons. The number of fused-ring (bicyclic) bond motifs is 1. The van der Waals surface area contributed by atoms with Gasteiger partial charge in [-0.15, -0.1) is 11.3 Å². The maximum absolute atomic E-state index is 11.8. The molecule has 2 aromatic carbocycles. The number of benzene rings is 2. The average Bonchev–Trinajstić information content (AvgIpc) is 3.18. The van der Waals surface area contributed by atoms with Crippen LogP contribution in [0, 0.1) is 0 Å². The first-order chi connectivity index (χ1) is 14.1. The molecule has 7 heteroatoms. The second-order valence-corrected chi connectivity index (χ2v) is 7.68. The fourth-order valence-electron chi connectivity index (χ4n) is 2.90. The van der Waals surface area contributed by atoms with Crippen LogP contribution in [0.4, 0.5) is 0 Å². The van der Waals surface area contributed by atoms with E-state index in [1.54, 1.807) is 18.4 Å². The number of hydrogen-bond donors (Lipinski definition) is 4. The van der Waals surface area contributed by atoms with E-state index in [1.807, 2.05) is 55.5 Å². The number of thiophene rings is 1. The normalized spacial score (nSPS) is 12.6. The van der Waals surface area contributed by atoms with Crippen molar-refractivity contribution in [3.63, 3.8) is 0 Å². The minimum Gasteiger partial charge on any atom is -0.386 e. The van der Waals surface area contributed by atoms with Gasteiger partial charge in [0.05, 0.1) is 0 Å². The summed E-state index contributed by atoms with van der Waals surface area (Å²) in [6.45, 7) is 3.43. The Morgan fingerprint density at radius 1 is 1.10 bits per heavy atom. The van der Waals surface area contributed by atoms with Gasteiger partial charge in [-0.2, -0.15) is 0 Å². The fourth-order valence-corrected chi connectivity index (χ4v) is 3.95. The fraction of sp³-hybridized carbons (Fsp3) is 0.273. The maximum atomic E-state index is 11.8. The summed E-state index contributed by atoms with van der Waals surface area (Å²) in [5, 5.41) is 20.8. The molecular weight excluding hydrogens is 384 g/mol. The van der Waals surface area contributed by atoms with Gasteiger partial charge in [0.15, 0.2) is 5.96 Å². The van der Waals surface area contributed by atoms with Gasteiger partial charge < -0.3 is 21.1 Å². The lowest BCUT2D eigenvalue weighted by Crippen LogP contribution is -2.38. The van der Waals surface area contributed by atoms with E-state index in [2.05, 4.69) is 27.0 Å².